The number of unbranched alkanes of at least 4 members (excludes halogenated alkanes) is 17. The van der Waals surface area contributed by atoms with E-state index in [1.165, 1.54) is 77.0 Å². The monoisotopic (exact) mass is 1140 g/mol. The molecule has 0 spiro atoms. The molecule has 0 radical (unpaired) electrons. The van der Waals surface area contributed by atoms with Crippen LogP contribution < -0.4 is 0 Å². The summed E-state index contributed by atoms with van der Waals surface area (Å²) in [6, 6.07) is 0. The Labute approximate surface area is 510 Å². The molecule has 0 aliphatic heterocycles. The largest absolute Gasteiger partial charge is 0.462 e. The van der Waals surface area contributed by atoms with Crippen molar-refractivity contribution in [2.45, 2.75) is 271 Å². The van der Waals surface area contributed by atoms with E-state index in [0.29, 0.717) is 19.3 Å². The van der Waals surface area contributed by atoms with Crippen LogP contribution in [0.2, 0.25) is 0 Å². The van der Waals surface area contributed by atoms with Gasteiger partial charge in [0.25, 0.3) is 0 Å². The summed E-state index contributed by atoms with van der Waals surface area (Å²) in [5.41, 5.74) is 0. The number of carbonyl (C=O) groups is 3. The van der Waals surface area contributed by atoms with E-state index < -0.39 is 6.10 Å². The molecule has 0 aliphatic carbocycles. The molecule has 0 N–H and O–H groups in total. The van der Waals surface area contributed by atoms with Gasteiger partial charge in [-0.15, -0.1) is 0 Å². The van der Waals surface area contributed by atoms with Crippen LogP contribution in [0.25, 0.3) is 0 Å². The maximum atomic E-state index is 12.9. The summed E-state index contributed by atoms with van der Waals surface area (Å²) in [6.07, 6.45) is 103. The summed E-state index contributed by atoms with van der Waals surface area (Å²) in [5.74, 6) is -1.02. The first kappa shape index (κ1) is 77.5. The Bertz CT molecular complexity index is 1940. The van der Waals surface area contributed by atoms with Gasteiger partial charge in [0.05, 0.1) is 0 Å². The number of esters is 3. The fourth-order valence-corrected chi connectivity index (χ4v) is 8.46. The molecule has 0 aliphatic rings. The quantitative estimate of drug-likeness (QED) is 0.0261. The molecule has 1 atom stereocenters. The standard InChI is InChI=1S/C77H120O6/c1-4-7-10-13-16-19-22-25-28-31-33-34-35-36-37-38-39-40-41-42-44-46-49-52-55-58-61-64-67-70-76(79)82-73-74(72-81-75(78)69-66-63-60-57-54-51-48-45-30-27-24-21-18-15-12-9-6-3)83-77(80)71-68-65-62-59-56-53-50-47-43-32-29-26-23-20-17-14-11-8-5-2/h7-8,10-11,16-17,19-20,25-30,33-34,36-37,39-40,42-44,47,49,52-53,56,58,61,74H,4-6,9,12-15,18,21-24,31-32,35,38,41,45-46,48,50-51,54-55,57,59-60,62-73H2,1-3H3/b10-7-,11-8-,19-16-,20-17-,28-25-,29-26-,30-27-,34-33-,37-36-,40-39-,44-42-,47-43-,52-49-,56-53-,61-58-. The summed E-state index contributed by atoms with van der Waals surface area (Å²) in [5, 5.41) is 0. The van der Waals surface area contributed by atoms with Gasteiger partial charge in [0.1, 0.15) is 13.2 Å². The predicted octanol–water partition coefficient (Wildman–Crippen LogP) is 23.2. The number of hydrogen-bond donors (Lipinski definition) is 0. The Hall–Kier alpha value is -5.49. The highest BCUT2D eigenvalue weighted by molar-refractivity contribution is 5.71. The van der Waals surface area contributed by atoms with E-state index in [0.717, 1.165) is 135 Å². The minimum absolute atomic E-state index is 0.120. The van der Waals surface area contributed by atoms with E-state index in [-0.39, 0.29) is 44.0 Å². The molecule has 0 rings (SSSR count). The highest BCUT2D eigenvalue weighted by Crippen LogP contribution is 2.14. The molecule has 83 heavy (non-hydrogen) atoms. The van der Waals surface area contributed by atoms with Crippen LogP contribution in [0.3, 0.4) is 0 Å². The van der Waals surface area contributed by atoms with Gasteiger partial charge in [-0.05, 0) is 154 Å². The zero-order valence-corrected chi connectivity index (χ0v) is 53.1. The van der Waals surface area contributed by atoms with Gasteiger partial charge in [-0.2, -0.15) is 0 Å². The highest BCUT2D eigenvalue weighted by Gasteiger charge is 2.19. The number of hydrogen-bond acceptors (Lipinski definition) is 6. The summed E-state index contributed by atoms with van der Waals surface area (Å²) >= 11 is 0. The van der Waals surface area contributed by atoms with Crippen LogP contribution >= 0.6 is 0 Å². The Kier molecular flexibility index (Phi) is 64.4. The van der Waals surface area contributed by atoms with Crippen molar-refractivity contribution >= 4 is 17.9 Å². The fraction of sp³-hybridized carbons (Fsp3) is 0.571. The molecule has 0 saturated heterocycles. The minimum Gasteiger partial charge on any atom is -0.462 e. The van der Waals surface area contributed by atoms with Gasteiger partial charge in [0, 0.05) is 19.3 Å². The smallest absolute Gasteiger partial charge is 0.306 e. The number of allylic oxidation sites excluding steroid dienone is 30. The molecule has 6 nitrogen and oxygen atoms in total. The van der Waals surface area contributed by atoms with E-state index in [9.17, 15) is 14.4 Å². The summed E-state index contributed by atoms with van der Waals surface area (Å²) in [7, 11) is 0. The highest BCUT2D eigenvalue weighted by atomic mass is 16.6. The van der Waals surface area contributed by atoms with E-state index in [1.807, 2.05) is 0 Å². The molecule has 0 saturated carbocycles. The number of ether oxygens (including phenoxy) is 3. The van der Waals surface area contributed by atoms with Gasteiger partial charge in [-0.25, -0.2) is 0 Å². The molecular weight excluding hydrogens is 1020 g/mol. The summed E-state index contributed by atoms with van der Waals surface area (Å²) < 4.78 is 16.9. The maximum absolute atomic E-state index is 12.9. The van der Waals surface area contributed by atoms with Crippen LogP contribution in [-0.4, -0.2) is 37.2 Å². The third kappa shape index (κ3) is 67.2. The van der Waals surface area contributed by atoms with E-state index in [2.05, 4.69) is 203 Å². The summed E-state index contributed by atoms with van der Waals surface area (Å²) in [6.45, 7) is 6.33. The lowest BCUT2D eigenvalue weighted by atomic mass is 10.1. The fourth-order valence-electron chi connectivity index (χ4n) is 8.46. The van der Waals surface area contributed by atoms with Gasteiger partial charge >= 0.3 is 17.9 Å². The molecule has 464 valence electrons. The SMILES string of the molecule is CC/C=C\C/C=C\C/C=C\C/C=C\C/C=C\C/C=C\C/C=C\C/C=C\C/C=C\CCCC(=O)OCC(COC(=O)CCCCCCCCC/C=C\CCCCCCCC)OC(=O)CCCCC/C=C\C/C=C\C/C=C\C/C=C\C/C=C\CC. The van der Waals surface area contributed by atoms with Crippen molar-refractivity contribution in [3.63, 3.8) is 0 Å². The second-order valence-corrected chi connectivity index (χ2v) is 21.3. The van der Waals surface area contributed by atoms with Crippen molar-refractivity contribution < 1.29 is 28.6 Å². The average molecular weight is 1140 g/mol. The molecule has 0 aromatic carbocycles. The van der Waals surface area contributed by atoms with Crippen LogP contribution in [0, 0.1) is 0 Å². The third-order valence-corrected chi connectivity index (χ3v) is 13.4. The lowest BCUT2D eigenvalue weighted by molar-refractivity contribution is -0.167. The van der Waals surface area contributed by atoms with E-state index in [4.69, 9.17) is 14.2 Å². The molecular formula is C77H120O6. The van der Waals surface area contributed by atoms with Crippen LogP contribution in [0.15, 0.2) is 182 Å². The zero-order chi connectivity index (χ0) is 59.9. The first-order valence-corrected chi connectivity index (χ1v) is 33.3. The van der Waals surface area contributed by atoms with Crippen LogP contribution in [0.4, 0.5) is 0 Å². The molecule has 1 unspecified atom stereocenters. The Morgan fingerprint density at radius 2 is 0.482 bits per heavy atom. The van der Waals surface area contributed by atoms with Crippen molar-refractivity contribution in [3.8, 4) is 0 Å². The molecule has 0 aromatic heterocycles. The number of carbonyl (C=O) groups excluding carboxylic acids is 3. The number of rotatable bonds is 58. The molecule has 0 bridgehead atoms. The normalized spacial score (nSPS) is 13.3. The molecule has 0 heterocycles. The van der Waals surface area contributed by atoms with Crippen LogP contribution in [-0.2, 0) is 28.6 Å². The predicted molar refractivity (Wildman–Crippen MR) is 361 cm³/mol. The first-order chi connectivity index (χ1) is 41.0. The zero-order valence-electron chi connectivity index (χ0n) is 53.1. The second kappa shape index (κ2) is 69.0. The lowest BCUT2D eigenvalue weighted by Crippen LogP contribution is -2.30. The third-order valence-electron chi connectivity index (χ3n) is 13.4. The van der Waals surface area contributed by atoms with Gasteiger partial charge in [0.15, 0.2) is 6.10 Å². The second-order valence-electron chi connectivity index (χ2n) is 21.3. The van der Waals surface area contributed by atoms with Crippen molar-refractivity contribution in [1.82, 2.24) is 0 Å². The molecule has 0 aromatic rings. The molecule has 0 amide bonds. The first-order valence-electron chi connectivity index (χ1n) is 33.3. The van der Waals surface area contributed by atoms with Crippen molar-refractivity contribution in [2.75, 3.05) is 13.2 Å². The molecule has 6 heteroatoms. The van der Waals surface area contributed by atoms with Crippen LogP contribution in [0.5, 0.6) is 0 Å². The molecule has 0 fully saturated rings. The Morgan fingerprint density at radius 1 is 0.253 bits per heavy atom. The Balaban J connectivity index is 4.56. The van der Waals surface area contributed by atoms with Crippen molar-refractivity contribution in [3.05, 3.63) is 182 Å². The van der Waals surface area contributed by atoms with Gasteiger partial charge in [-0.3, -0.25) is 14.4 Å². The average Bonchev–Trinajstić information content (AvgIpc) is 3.49. The van der Waals surface area contributed by atoms with E-state index in [1.54, 1.807) is 0 Å². The lowest BCUT2D eigenvalue weighted by Gasteiger charge is -2.18. The van der Waals surface area contributed by atoms with Gasteiger partial charge < -0.3 is 14.2 Å². The van der Waals surface area contributed by atoms with Crippen LogP contribution in [0.1, 0.15) is 265 Å². The van der Waals surface area contributed by atoms with Gasteiger partial charge in [-0.1, -0.05) is 274 Å². The summed E-state index contributed by atoms with van der Waals surface area (Å²) in [4.78, 5) is 38.4. The topological polar surface area (TPSA) is 78.9 Å². The van der Waals surface area contributed by atoms with Gasteiger partial charge in [0.2, 0.25) is 0 Å². The van der Waals surface area contributed by atoms with E-state index >= 15 is 0 Å². The maximum Gasteiger partial charge on any atom is 0.306 e. The Morgan fingerprint density at radius 3 is 0.807 bits per heavy atom. The van der Waals surface area contributed by atoms with Crippen molar-refractivity contribution in [2.24, 2.45) is 0 Å². The minimum atomic E-state index is -0.833. The van der Waals surface area contributed by atoms with Crippen molar-refractivity contribution in [1.29, 1.82) is 0 Å².